The molecule has 1 aromatic carbocycles. The molecule has 1 aromatic rings. The number of hydrogen-bond acceptors (Lipinski definition) is 6. The van der Waals surface area contributed by atoms with Crippen LogP contribution in [0.3, 0.4) is 0 Å². The lowest BCUT2D eigenvalue weighted by Gasteiger charge is -2.71. The number of aliphatic hydroxyl groups is 2. The van der Waals surface area contributed by atoms with E-state index in [1.54, 1.807) is 30.3 Å². The van der Waals surface area contributed by atoms with Gasteiger partial charge in [0.05, 0.1) is 18.1 Å². The lowest BCUT2D eigenvalue weighted by molar-refractivity contribution is -0.249. The minimum Gasteiger partial charge on any atom is -0.508 e. The number of benzene rings is 1. The Morgan fingerprint density at radius 1 is 0.978 bits per heavy atom. The van der Waals surface area contributed by atoms with Gasteiger partial charge in [0, 0.05) is 11.5 Å². The molecular formula is C39H54O7. The Kier molecular flexibility index (Phi) is 8.12. The van der Waals surface area contributed by atoms with Crippen LogP contribution < -0.4 is 0 Å². The van der Waals surface area contributed by atoms with Crippen LogP contribution >= 0.6 is 0 Å². The predicted molar refractivity (Wildman–Crippen MR) is 176 cm³/mol. The van der Waals surface area contributed by atoms with Crippen LogP contribution in [-0.4, -0.2) is 51.2 Å². The third-order valence-corrected chi connectivity index (χ3v) is 15.0. The molecule has 0 aliphatic heterocycles. The number of carbonyl (C=O) groups excluding carboxylic acids is 1. The summed E-state index contributed by atoms with van der Waals surface area (Å²) in [5, 5.41) is 43.0. The number of rotatable bonds is 5. The molecule has 4 N–H and O–H groups in total. The second kappa shape index (κ2) is 11.2. The fourth-order valence-electron chi connectivity index (χ4n) is 12.1. The first-order chi connectivity index (χ1) is 21.6. The molecule has 4 saturated carbocycles. The lowest BCUT2D eigenvalue weighted by Crippen LogP contribution is -2.68. The first kappa shape index (κ1) is 33.3. The van der Waals surface area contributed by atoms with Crippen LogP contribution in [0.2, 0.25) is 0 Å². The highest BCUT2D eigenvalue weighted by Crippen LogP contribution is 2.75. The van der Waals surface area contributed by atoms with Crippen molar-refractivity contribution in [2.45, 2.75) is 105 Å². The van der Waals surface area contributed by atoms with Crippen LogP contribution in [-0.2, 0) is 14.3 Å². The Labute approximate surface area is 274 Å². The van der Waals surface area contributed by atoms with E-state index in [1.165, 1.54) is 11.6 Å². The number of aliphatic carboxylic acids is 1. The van der Waals surface area contributed by atoms with E-state index in [0.29, 0.717) is 24.7 Å². The number of carboxylic acids is 1. The smallest absolute Gasteiger partial charge is 0.331 e. The van der Waals surface area contributed by atoms with E-state index in [9.17, 15) is 30.0 Å². The first-order valence-electron chi connectivity index (χ1n) is 17.5. The van der Waals surface area contributed by atoms with Crippen molar-refractivity contribution in [2.75, 3.05) is 6.61 Å². The quantitative estimate of drug-likeness (QED) is 0.156. The molecule has 7 heteroatoms. The normalized spacial score (nSPS) is 46.7. The van der Waals surface area contributed by atoms with E-state index in [-0.39, 0.29) is 46.4 Å². The third-order valence-electron chi connectivity index (χ3n) is 15.0. The zero-order valence-electron chi connectivity index (χ0n) is 28.5. The van der Waals surface area contributed by atoms with Crippen molar-refractivity contribution < 1.29 is 34.8 Å². The van der Waals surface area contributed by atoms with Crippen molar-refractivity contribution in [3.05, 3.63) is 47.6 Å². The van der Waals surface area contributed by atoms with Gasteiger partial charge in [0.1, 0.15) is 11.9 Å². The Bertz CT molecular complexity index is 1430. The molecule has 6 rings (SSSR count). The molecule has 4 unspecified atom stereocenters. The summed E-state index contributed by atoms with van der Waals surface area (Å²) in [6.07, 6.45) is 9.93. The van der Waals surface area contributed by atoms with Gasteiger partial charge in [0.2, 0.25) is 0 Å². The number of phenolic OH excluding ortho intramolecular Hbond substituents is 1. The fourth-order valence-corrected chi connectivity index (χ4v) is 12.1. The van der Waals surface area contributed by atoms with Gasteiger partial charge in [-0.1, -0.05) is 65.3 Å². The van der Waals surface area contributed by atoms with E-state index >= 15 is 0 Å². The summed E-state index contributed by atoms with van der Waals surface area (Å²) >= 11 is 0. The van der Waals surface area contributed by atoms with Crippen LogP contribution in [0.1, 0.15) is 98.5 Å². The molecule has 12 atom stereocenters. The number of esters is 1. The second-order valence-corrected chi connectivity index (χ2v) is 16.8. The van der Waals surface area contributed by atoms with Crippen LogP contribution in [0.4, 0.5) is 0 Å². The van der Waals surface area contributed by atoms with Gasteiger partial charge in [-0.3, -0.25) is 4.79 Å². The topological polar surface area (TPSA) is 124 Å². The zero-order chi connectivity index (χ0) is 33.4. The van der Waals surface area contributed by atoms with Crippen LogP contribution in [0.15, 0.2) is 42.0 Å². The molecule has 252 valence electrons. The summed E-state index contributed by atoms with van der Waals surface area (Å²) in [7, 11) is 0. The fraction of sp³-hybridized carbons (Fsp3) is 0.692. The van der Waals surface area contributed by atoms with Crippen molar-refractivity contribution in [1.29, 1.82) is 0 Å². The minimum atomic E-state index is -0.935. The monoisotopic (exact) mass is 634 g/mol. The molecule has 0 saturated heterocycles. The van der Waals surface area contributed by atoms with Gasteiger partial charge in [-0.25, -0.2) is 4.79 Å². The standard InChI is InChI=1S/C39H54O7/c1-23-15-18-39(34(44)45)20-19-37(5)27(32(39)24(23)2)12-13-30-35(3)21-28(42)33(36(4,22-40)29(35)16-17-38(30,37)6)46-31(43)14-9-25-7-10-26(41)11-8-25/h7-12,14,23-24,28-30,32-33,40-42H,13,15-22H2,1-6H3,(H,44,45)/b14-9+/t23?,24-,28+,29?,30?,32?,33-,35-,36-,37+,38+,39-/m0/s1. The number of aliphatic hydroxyl groups excluding tert-OH is 2. The van der Waals surface area contributed by atoms with E-state index in [4.69, 9.17) is 4.74 Å². The van der Waals surface area contributed by atoms with Crippen LogP contribution in [0.25, 0.3) is 6.08 Å². The van der Waals surface area contributed by atoms with Gasteiger partial charge in [-0.15, -0.1) is 0 Å². The number of fused-ring (bicyclic) bond motifs is 7. The molecule has 46 heavy (non-hydrogen) atoms. The summed E-state index contributed by atoms with van der Waals surface area (Å²) in [5.74, 6) is 0.0165. The summed E-state index contributed by atoms with van der Waals surface area (Å²) in [6.45, 7) is 13.5. The average molecular weight is 635 g/mol. The number of aromatic hydroxyl groups is 1. The van der Waals surface area contributed by atoms with E-state index in [2.05, 4.69) is 40.7 Å². The van der Waals surface area contributed by atoms with Crippen molar-refractivity contribution >= 4 is 18.0 Å². The Morgan fingerprint density at radius 2 is 1.67 bits per heavy atom. The summed E-state index contributed by atoms with van der Waals surface area (Å²) in [4.78, 5) is 26.0. The van der Waals surface area contributed by atoms with Crippen molar-refractivity contribution in [3.8, 4) is 5.75 Å². The largest absolute Gasteiger partial charge is 0.508 e. The maximum absolute atomic E-state index is 13.1. The molecule has 0 radical (unpaired) electrons. The number of phenols is 1. The van der Waals surface area contributed by atoms with Crippen LogP contribution in [0.5, 0.6) is 5.75 Å². The highest BCUT2D eigenvalue weighted by Gasteiger charge is 2.71. The van der Waals surface area contributed by atoms with Crippen molar-refractivity contribution in [1.82, 2.24) is 0 Å². The Morgan fingerprint density at radius 3 is 2.33 bits per heavy atom. The first-order valence-corrected chi connectivity index (χ1v) is 17.5. The number of hydrogen-bond donors (Lipinski definition) is 4. The predicted octanol–water partition coefficient (Wildman–Crippen LogP) is 7.00. The molecule has 7 nitrogen and oxygen atoms in total. The SMILES string of the molecule is CC1CC[C@]2(C(=O)O)CC[C@]3(C)C(=CCC4[C@@]5(C)C[C@@H](O)[C@H](OC(=O)/C=C/c6ccc(O)cc6)[C@@](C)(CO)C5CC[C@]43C)C2[C@H]1C. The summed E-state index contributed by atoms with van der Waals surface area (Å²) in [5.41, 5.74) is 0.0232. The van der Waals surface area contributed by atoms with Gasteiger partial charge in [0.15, 0.2) is 0 Å². The molecule has 5 aliphatic rings. The van der Waals surface area contributed by atoms with Gasteiger partial charge < -0.3 is 25.2 Å². The van der Waals surface area contributed by atoms with Gasteiger partial charge in [-0.05, 0) is 121 Å². The average Bonchev–Trinajstić information content (AvgIpc) is 3.00. The van der Waals surface area contributed by atoms with Gasteiger partial charge in [-0.2, -0.15) is 0 Å². The summed E-state index contributed by atoms with van der Waals surface area (Å²) < 4.78 is 5.98. The molecule has 0 amide bonds. The number of allylic oxidation sites excluding steroid dienone is 2. The molecule has 0 bridgehead atoms. The van der Waals surface area contributed by atoms with Crippen molar-refractivity contribution in [2.24, 2.45) is 56.7 Å². The van der Waals surface area contributed by atoms with Crippen molar-refractivity contribution in [3.63, 3.8) is 0 Å². The highest BCUT2D eigenvalue weighted by atomic mass is 16.6. The number of ether oxygens (including phenoxy) is 1. The molecule has 0 heterocycles. The molecule has 0 aromatic heterocycles. The summed E-state index contributed by atoms with van der Waals surface area (Å²) in [6, 6.07) is 6.49. The Balaban J connectivity index is 1.32. The van der Waals surface area contributed by atoms with E-state index in [1.807, 2.05) is 6.92 Å². The van der Waals surface area contributed by atoms with E-state index in [0.717, 1.165) is 44.1 Å². The molecular weight excluding hydrogens is 580 g/mol. The van der Waals surface area contributed by atoms with Crippen LogP contribution in [0, 0.1) is 56.7 Å². The Hall–Kier alpha value is -2.64. The second-order valence-electron chi connectivity index (χ2n) is 16.8. The molecule has 4 fully saturated rings. The molecule has 5 aliphatic carbocycles. The maximum Gasteiger partial charge on any atom is 0.331 e. The lowest BCUT2D eigenvalue weighted by atomic mass is 9.33. The van der Waals surface area contributed by atoms with Gasteiger partial charge >= 0.3 is 11.9 Å². The van der Waals surface area contributed by atoms with Gasteiger partial charge in [0.25, 0.3) is 0 Å². The third kappa shape index (κ3) is 4.57. The zero-order valence-corrected chi connectivity index (χ0v) is 28.5. The minimum absolute atomic E-state index is 0.0271. The van der Waals surface area contributed by atoms with E-state index < -0.39 is 35.0 Å². The molecule has 0 spiro atoms. The number of carboxylic acid groups (broad SMARTS) is 1. The number of carbonyl (C=O) groups is 2. The highest BCUT2D eigenvalue weighted by molar-refractivity contribution is 5.87. The maximum atomic E-state index is 13.1.